The van der Waals surface area contributed by atoms with Crippen LogP contribution >= 0.6 is 34.5 Å². The van der Waals surface area contributed by atoms with Crippen molar-refractivity contribution >= 4 is 50.5 Å². The number of thiophene rings is 1. The molecule has 1 amide bonds. The molecule has 0 aliphatic heterocycles. The fourth-order valence-electron chi connectivity index (χ4n) is 2.17. The molecule has 0 radical (unpaired) electrons. The highest BCUT2D eigenvalue weighted by Crippen LogP contribution is 2.23. The summed E-state index contributed by atoms with van der Waals surface area (Å²) in [6.07, 6.45) is 0. The Bertz CT molecular complexity index is 839. The second-order valence-corrected chi connectivity index (χ2v) is 9.38. The number of amides is 1. The third-order valence-electron chi connectivity index (χ3n) is 3.61. The first kappa shape index (κ1) is 20.2. The van der Waals surface area contributed by atoms with E-state index < -0.39 is 10.0 Å². The fourth-order valence-corrected chi connectivity index (χ4v) is 4.82. The van der Waals surface area contributed by atoms with Crippen LogP contribution in [0.15, 0.2) is 39.9 Å². The summed E-state index contributed by atoms with van der Waals surface area (Å²) < 4.78 is 26.1. The van der Waals surface area contributed by atoms with Crippen molar-refractivity contribution in [2.45, 2.75) is 17.7 Å². The maximum atomic E-state index is 12.5. The molecule has 1 aromatic heterocycles. The van der Waals surface area contributed by atoms with Crippen molar-refractivity contribution in [1.82, 2.24) is 9.21 Å². The molecule has 0 bridgehead atoms. The molecule has 0 fully saturated rings. The average molecular weight is 421 g/mol. The van der Waals surface area contributed by atoms with Gasteiger partial charge in [0, 0.05) is 20.1 Å². The lowest BCUT2D eigenvalue weighted by Gasteiger charge is -2.24. The standard InChI is InChI=1S/C16H18Cl2N2O3S2/c1-3-20(10-12-6-7-13(17)14(18)9-12)15(21)11-19(2)25(22,23)16-5-4-8-24-16/h4-9H,3,10-11H2,1-2H3. The van der Waals surface area contributed by atoms with Crippen LogP contribution in [0.5, 0.6) is 0 Å². The van der Waals surface area contributed by atoms with Crippen LogP contribution in [0.1, 0.15) is 12.5 Å². The highest BCUT2D eigenvalue weighted by Gasteiger charge is 2.25. The summed E-state index contributed by atoms with van der Waals surface area (Å²) in [6.45, 7) is 2.39. The van der Waals surface area contributed by atoms with E-state index in [4.69, 9.17) is 23.2 Å². The highest BCUT2D eigenvalue weighted by molar-refractivity contribution is 7.91. The van der Waals surface area contributed by atoms with Crippen LogP contribution in [0.2, 0.25) is 10.0 Å². The van der Waals surface area contributed by atoms with E-state index in [1.807, 2.05) is 6.92 Å². The van der Waals surface area contributed by atoms with Gasteiger partial charge >= 0.3 is 0 Å². The van der Waals surface area contributed by atoms with Crippen LogP contribution in [0.25, 0.3) is 0 Å². The number of hydrogen-bond acceptors (Lipinski definition) is 4. The van der Waals surface area contributed by atoms with E-state index in [0.717, 1.165) is 21.2 Å². The second kappa shape index (κ2) is 8.51. The van der Waals surface area contributed by atoms with Crippen molar-refractivity contribution in [3.05, 3.63) is 51.3 Å². The average Bonchev–Trinajstić information content (AvgIpc) is 3.10. The summed E-state index contributed by atoms with van der Waals surface area (Å²) in [5.74, 6) is -0.281. The van der Waals surface area contributed by atoms with E-state index in [0.29, 0.717) is 23.1 Å². The monoisotopic (exact) mass is 420 g/mol. The molecule has 0 spiro atoms. The Kier molecular flexibility index (Phi) is 6.87. The summed E-state index contributed by atoms with van der Waals surface area (Å²) >= 11 is 13.0. The quantitative estimate of drug-likeness (QED) is 0.685. The third-order valence-corrected chi connectivity index (χ3v) is 7.52. The van der Waals surface area contributed by atoms with Gasteiger partial charge in [-0.1, -0.05) is 35.3 Å². The van der Waals surface area contributed by atoms with Gasteiger partial charge in [0.15, 0.2) is 0 Å². The molecule has 5 nitrogen and oxygen atoms in total. The van der Waals surface area contributed by atoms with Crippen molar-refractivity contribution in [1.29, 1.82) is 0 Å². The fraction of sp³-hybridized carbons (Fsp3) is 0.312. The SMILES string of the molecule is CCN(Cc1ccc(Cl)c(Cl)c1)C(=O)CN(C)S(=O)(=O)c1cccs1. The smallest absolute Gasteiger partial charge is 0.252 e. The number of rotatable bonds is 7. The topological polar surface area (TPSA) is 57.7 Å². The molecule has 0 saturated carbocycles. The van der Waals surface area contributed by atoms with Gasteiger partial charge in [-0.2, -0.15) is 4.31 Å². The minimum Gasteiger partial charge on any atom is -0.338 e. The molecule has 9 heteroatoms. The zero-order chi connectivity index (χ0) is 18.6. The first-order valence-electron chi connectivity index (χ1n) is 7.47. The molecule has 0 aliphatic carbocycles. The van der Waals surface area contributed by atoms with Crippen LogP contribution in [-0.4, -0.2) is 43.7 Å². The number of hydrogen-bond donors (Lipinski definition) is 0. The zero-order valence-corrected chi connectivity index (χ0v) is 16.9. The number of halogens is 2. The molecule has 0 saturated heterocycles. The zero-order valence-electron chi connectivity index (χ0n) is 13.8. The maximum absolute atomic E-state index is 12.5. The summed E-state index contributed by atoms with van der Waals surface area (Å²) in [7, 11) is -2.25. The van der Waals surface area contributed by atoms with E-state index in [2.05, 4.69) is 0 Å². The molecule has 0 aliphatic rings. The van der Waals surface area contributed by atoms with Crippen molar-refractivity contribution in [3.8, 4) is 0 Å². The number of carbonyl (C=O) groups excluding carboxylic acids is 1. The van der Waals surface area contributed by atoms with Crippen molar-refractivity contribution in [3.63, 3.8) is 0 Å². The van der Waals surface area contributed by atoms with E-state index in [9.17, 15) is 13.2 Å². The number of sulfonamides is 1. The van der Waals surface area contributed by atoms with Gasteiger partial charge in [-0.3, -0.25) is 4.79 Å². The van der Waals surface area contributed by atoms with Gasteiger partial charge in [-0.15, -0.1) is 11.3 Å². The van der Waals surface area contributed by atoms with Gasteiger partial charge in [0.25, 0.3) is 10.0 Å². The predicted octanol–water partition coefficient (Wildman–Crippen LogP) is 3.72. The van der Waals surface area contributed by atoms with Gasteiger partial charge < -0.3 is 4.90 Å². The summed E-state index contributed by atoms with van der Waals surface area (Å²) in [4.78, 5) is 14.1. The van der Waals surface area contributed by atoms with Crippen LogP contribution in [0, 0.1) is 0 Å². The van der Waals surface area contributed by atoms with Crippen molar-refractivity contribution in [2.75, 3.05) is 20.1 Å². The number of nitrogens with zero attached hydrogens (tertiary/aromatic N) is 2. The van der Waals surface area contributed by atoms with Gasteiger partial charge in [-0.25, -0.2) is 8.42 Å². The minimum atomic E-state index is -3.65. The maximum Gasteiger partial charge on any atom is 0.252 e. The first-order valence-corrected chi connectivity index (χ1v) is 10.5. The third kappa shape index (κ3) is 4.95. The Balaban J connectivity index is 2.08. The summed E-state index contributed by atoms with van der Waals surface area (Å²) in [5, 5.41) is 2.55. The predicted molar refractivity (Wildman–Crippen MR) is 102 cm³/mol. The first-order chi connectivity index (χ1) is 11.8. The molecule has 136 valence electrons. The van der Waals surface area contributed by atoms with Gasteiger partial charge in [-0.05, 0) is 36.1 Å². The number of carbonyl (C=O) groups is 1. The lowest BCUT2D eigenvalue weighted by atomic mass is 10.2. The highest BCUT2D eigenvalue weighted by atomic mass is 35.5. The summed E-state index contributed by atoms with van der Waals surface area (Å²) in [6, 6.07) is 8.34. The Labute approximate surface area is 161 Å². The van der Waals surface area contributed by atoms with Crippen molar-refractivity contribution in [2.24, 2.45) is 0 Å². The van der Waals surface area contributed by atoms with Crippen LogP contribution < -0.4 is 0 Å². The molecular formula is C16H18Cl2N2O3S2. The van der Waals surface area contributed by atoms with E-state index in [-0.39, 0.29) is 16.7 Å². The Hall–Kier alpha value is -1.12. The molecule has 0 unspecified atom stereocenters. The summed E-state index contributed by atoms with van der Waals surface area (Å²) in [5.41, 5.74) is 0.827. The Morgan fingerprint density at radius 1 is 1.20 bits per heavy atom. The van der Waals surface area contributed by atoms with E-state index in [1.54, 1.807) is 34.5 Å². The normalized spacial score (nSPS) is 11.7. The molecule has 0 atom stereocenters. The number of likely N-dealkylation sites (N-methyl/N-ethyl adjacent to an activating group) is 2. The van der Waals surface area contributed by atoms with Gasteiger partial charge in [0.1, 0.15) is 4.21 Å². The van der Waals surface area contributed by atoms with Crippen LogP contribution in [-0.2, 0) is 21.4 Å². The van der Waals surface area contributed by atoms with Gasteiger partial charge in [0.2, 0.25) is 5.91 Å². The minimum absolute atomic E-state index is 0.218. The molecule has 25 heavy (non-hydrogen) atoms. The molecule has 2 aromatic rings. The molecule has 1 heterocycles. The number of benzene rings is 1. The molecule has 2 rings (SSSR count). The molecule has 1 aromatic carbocycles. The Morgan fingerprint density at radius 2 is 1.92 bits per heavy atom. The van der Waals surface area contributed by atoms with Crippen LogP contribution in [0.4, 0.5) is 0 Å². The molecular weight excluding hydrogens is 403 g/mol. The second-order valence-electron chi connectivity index (χ2n) is 5.35. The lowest BCUT2D eigenvalue weighted by Crippen LogP contribution is -2.40. The van der Waals surface area contributed by atoms with E-state index >= 15 is 0 Å². The lowest BCUT2D eigenvalue weighted by molar-refractivity contribution is -0.131. The van der Waals surface area contributed by atoms with Crippen LogP contribution in [0.3, 0.4) is 0 Å². The van der Waals surface area contributed by atoms with Gasteiger partial charge in [0.05, 0.1) is 16.6 Å². The Morgan fingerprint density at radius 3 is 2.48 bits per heavy atom. The molecule has 0 N–H and O–H groups in total. The largest absolute Gasteiger partial charge is 0.338 e. The van der Waals surface area contributed by atoms with Crippen molar-refractivity contribution < 1.29 is 13.2 Å². The van der Waals surface area contributed by atoms with E-state index in [1.165, 1.54) is 13.1 Å².